The normalized spacial score (nSPS) is 19.6. The van der Waals surface area contributed by atoms with Gasteiger partial charge in [-0.2, -0.15) is 5.10 Å². The van der Waals surface area contributed by atoms with Gasteiger partial charge in [-0.05, 0) is 26.8 Å². The van der Waals surface area contributed by atoms with E-state index in [1.807, 2.05) is 14.0 Å². The molecule has 0 radical (unpaired) electrons. The fourth-order valence-corrected chi connectivity index (χ4v) is 3.54. The van der Waals surface area contributed by atoms with Gasteiger partial charge >= 0.3 is 0 Å². The molecule has 1 saturated heterocycles. The molecule has 0 unspecified atom stereocenters. The molecule has 0 saturated carbocycles. The standard InChI is InChI=1S/C13H21N5OS/c1-9-10-11(18(3)16-9)15-12(20-10)14-8-13(19)4-6-17(2)7-5-13/h19H,4-8H2,1-3H3,(H,14,15). The highest BCUT2D eigenvalue weighted by Crippen LogP contribution is 2.29. The first-order valence-corrected chi connectivity index (χ1v) is 7.73. The lowest BCUT2D eigenvalue weighted by molar-refractivity contribution is -0.00403. The van der Waals surface area contributed by atoms with Crippen LogP contribution in [0.1, 0.15) is 18.5 Å². The Morgan fingerprint density at radius 1 is 1.35 bits per heavy atom. The Labute approximate surface area is 122 Å². The molecule has 3 heterocycles. The van der Waals surface area contributed by atoms with Gasteiger partial charge < -0.3 is 15.3 Å². The van der Waals surface area contributed by atoms with Gasteiger partial charge in [-0.3, -0.25) is 0 Å². The fraction of sp³-hybridized carbons (Fsp3) is 0.692. The largest absolute Gasteiger partial charge is 0.388 e. The van der Waals surface area contributed by atoms with E-state index in [0.717, 1.165) is 47.1 Å². The second-order valence-corrected chi connectivity index (χ2v) is 6.76. The molecule has 0 aliphatic carbocycles. The summed E-state index contributed by atoms with van der Waals surface area (Å²) in [5, 5.41) is 19.1. The molecule has 0 amide bonds. The number of likely N-dealkylation sites (tertiary alicyclic amines) is 1. The molecule has 1 aliphatic rings. The minimum Gasteiger partial charge on any atom is -0.388 e. The zero-order valence-corrected chi connectivity index (χ0v) is 13.0. The average molecular weight is 295 g/mol. The van der Waals surface area contributed by atoms with Gasteiger partial charge in [0.05, 0.1) is 16.0 Å². The zero-order chi connectivity index (χ0) is 14.3. The van der Waals surface area contributed by atoms with Crippen molar-refractivity contribution in [3.05, 3.63) is 5.69 Å². The molecule has 6 nitrogen and oxygen atoms in total. The molecule has 0 atom stereocenters. The third kappa shape index (κ3) is 2.53. The van der Waals surface area contributed by atoms with Crippen molar-refractivity contribution in [1.82, 2.24) is 19.7 Å². The van der Waals surface area contributed by atoms with Crippen LogP contribution in [0.4, 0.5) is 5.13 Å². The molecule has 1 fully saturated rings. The number of fused-ring (bicyclic) bond motifs is 1. The van der Waals surface area contributed by atoms with Crippen molar-refractivity contribution in [2.45, 2.75) is 25.4 Å². The number of aliphatic hydroxyl groups is 1. The number of rotatable bonds is 3. The van der Waals surface area contributed by atoms with Gasteiger partial charge in [0, 0.05) is 26.7 Å². The average Bonchev–Trinajstić information content (AvgIpc) is 2.94. The van der Waals surface area contributed by atoms with Gasteiger partial charge in [0.1, 0.15) is 0 Å². The van der Waals surface area contributed by atoms with E-state index in [-0.39, 0.29) is 0 Å². The third-order valence-electron chi connectivity index (χ3n) is 4.03. The van der Waals surface area contributed by atoms with E-state index < -0.39 is 5.60 Å². The van der Waals surface area contributed by atoms with Crippen LogP contribution in [0.5, 0.6) is 0 Å². The first-order chi connectivity index (χ1) is 9.47. The Kier molecular flexibility index (Phi) is 3.43. The van der Waals surface area contributed by atoms with Crippen molar-refractivity contribution in [1.29, 1.82) is 0 Å². The quantitative estimate of drug-likeness (QED) is 0.891. The van der Waals surface area contributed by atoms with Gasteiger partial charge in [0.25, 0.3) is 0 Å². The minimum atomic E-state index is -0.613. The van der Waals surface area contributed by atoms with Crippen molar-refractivity contribution in [2.24, 2.45) is 7.05 Å². The topological polar surface area (TPSA) is 66.2 Å². The van der Waals surface area contributed by atoms with Crippen LogP contribution in [-0.4, -0.2) is 57.1 Å². The van der Waals surface area contributed by atoms with Crippen LogP contribution in [0.3, 0.4) is 0 Å². The van der Waals surface area contributed by atoms with Crippen molar-refractivity contribution in [3.63, 3.8) is 0 Å². The van der Waals surface area contributed by atoms with E-state index in [0.29, 0.717) is 6.54 Å². The molecule has 0 spiro atoms. The van der Waals surface area contributed by atoms with Crippen LogP contribution in [-0.2, 0) is 7.05 Å². The van der Waals surface area contributed by atoms with Crippen molar-refractivity contribution in [2.75, 3.05) is 32.0 Å². The summed E-state index contributed by atoms with van der Waals surface area (Å²) < 4.78 is 2.92. The maximum absolute atomic E-state index is 10.6. The third-order valence-corrected chi connectivity index (χ3v) is 5.14. The lowest BCUT2D eigenvalue weighted by Crippen LogP contribution is -2.47. The van der Waals surface area contributed by atoms with Gasteiger partial charge in [0.15, 0.2) is 10.8 Å². The summed E-state index contributed by atoms with van der Waals surface area (Å²) in [6.45, 7) is 4.45. The fourth-order valence-electron chi connectivity index (χ4n) is 2.61. The first kappa shape index (κ1) is 13.8. The van der Waals surface area contributed by atoms with Crippen LogP contribution >= 0.6 is 11.3 Å². The van der Waals surface area contributed by atoms with Crippen LogP contribution in [0, 0.1) is 6.92 Å². The SMILES string of the molecule is Cc1nn(C)c2nc(NCC3(O)CCN(C)CC3)sc12. The summed E-state index contributed by atoms with van der Waals surface area (Å²) in [6.07, 6.45) is 1.62. The van der Waals surface area contributed by atoms with Crippen LogP contribution in [0.15, 0.2) is 0 Å². The van der Waals surface area contributed by atoms with E-state index >= 15 is 0 Å². The maximum Gasteiger partial charge on any atom is 0.185 e. The number of hydrogen-bond acceptors (Lipinski definition) is 6. The minimum absolute atomic E-state index is 0.563. The van der Waals surface area contributed by atoms with E-state index in [2.05, 4.69) is 27.3 Å². The molecule has 2 aromatic rings. The Hall–Kier alpha value is -1.18. The highest BCUT2D eigenvalue weighted by Gasteiger charge is 2.31. The van der Waals surface area contributed by atoms with Crippen LogP contribution in [0.2, 0.25) is 0 Å². The maximum atomic E-state index is 10.6. The number of aromatic nitrogens is 3. The number of anilines is 1. The van der Waals surface area contributed by atoms with Crippen LogP contribution < -0.4 is 5.32 Å². The summed E-state index contributed by atoms with van der Waals surface area (Å²) in [7, 11) is 4.00. The van der Waals surface area contributed by atoms with E-state index in [1.54, 1.807) is 16.0 Å². The van der Waals surface area contributed by atoms with Crippen molar-refractivity contribution < 1.29 is 5.11 Å². The molecule has 7 heteroatoms. The highest BCUT2D eigenvalue weighted by molar-refractivity contribution is 7.22. The number of hydrogen-bond donors (Lipinski definition) is 2. The number of aryl methyl sites for hydroxylation is 2. The molecule has 3 rings (SSSR count). The Balaban J connectivity index is 1.69. The lowest BCUT2D eigenvalue weighted by Gasteiger charge is -2.36. The smallest absolute Gasteiger partial charge is 0.185 e. The Morgan fingerprint density at radius 2 is 2.05 bits per heavy atom. The summed E-state index contributed by atoms with van der Waals surface area (Å²) >= 11 is 1.61. The summed E-state index contributed by atoms with van der Waals surface area (Å²) in [5.74, 6) is 0. The molecule has 2 aromatic heterocycles. The second kappa shape index (κ2) is 4.98. The van der Waals surface area contributed by atoms with Crippen molar-refractivity contribution >= 4 is 26.8 Å². The Bertz CT molecular complexity index is 577. The van der Waals surface area contributed by atoms with E-state index in [1.165, 1.54) is 0 Å². The Morgan fingerprint density at radius 3 is 2.70 bits per heavy atom. The second-order valence-electron chi connectivity index (χ2n) is 5.76. The molecule has 2 N–H and O–H groups in total. The summed E-state index contributed by atoms with van der Waals surface area (Å²) in [4.78, 5) is 6.80. The van der Waals surface area contributed by atoms with E-state index in [9.17, 15) is 5.11 Å². The predicted octanol–water partition coefficient (Wildman–Crippen LogP) is 1.21. The number of nitrogens with one attached hydrogen (secondary N) is 1. The molecule has 1 aliphatic heterocycles. The highest BCUT2D eigenvalue weighted by atomic mass is 32.1. The summed E-state index contributed by atoms with van der Waals surface area (Å²) in [6, 6.07) is 0. The number of thiazole rings is 1. The van der Waals surface area contributed by atoms with E-state index in [4.69, 9.17) is 0 Å². The molecular formula is C13H21N5OS. The predicted molar refractivity (Wildman–Crippen MR) is 81.3 cm³/mol. The molecule has 0 aromatic carbocycles. The van der Waals surface area contributed by atoms with Gasteiger partial charge in [0.2, 0.25) is 0 Å². The number of nitrogens with zero attached hydrogens (tertiary/aromatic N) is 4. The lowest BCUT2D eigenvalue weighted by atomic mass is 9.92. The number of piperidine rings is 1. The van der Waals surface area contributed by atoms with Crippen LogP contribution in [0.25, 0.3) is 10.3 Å². The van der Waals surface area contributed by atoms with Gasteiger partial charge in [-0.1, -0.05) is 11.3 Å². The van der Waals surface area contributed by atoms with Gasteiger partial charge in [-0.15, -0.1) is 0 Å². The monoisotopic (exact) mass is 295 g/mol. The van der Waals surface area contributed by atoms with Gasteiger partial charge in [-0.25, -0.2) is 9.67 Å². The molecular weight excluding hydrogens is 274 g/mol. The molecule has 0 bridgehead atoms. The molecule has 20 heavy (non-hydrogen) atoms. The zero-order valence-electron chi connectivity index (χ0n) is 12.2. The molecule has 110 valence electrons. The van der Waals surface area contributed by atoms with Crippen molar-refractivity contribution in [3.8, 4) is 0 Å². The summed E-state index contributed by atoms with van der Waals surface area (Å²) in [5.41, 5.74) is 1.30. The first-order valence-electron chi connectivity index (χ1n) is 6.92.